The highest BCUT2D eigenvalue weighted by Crippen LogP contribution is 2.15. The van der Waals surface area contributed by atoms with Crippen molar-refractivity contribution in [2.75, 3.05) is 39.8 Å². The normalized spacial score (nSPS) is 20.0. The minimum Gasteiger partial charge on any atom is -0.481 e. The van der Waals surface area contributed by atoms with Crippen LogP contribution in [0.3, 0.4) is 0 Å². The van der Waals surface area contributed by atoms with E-state index in [-0.39, 0.29) is 5.54 Å². The molecule has 1 atom stereocenters. The minimum atomic E-state index is -1.09. The molecular weight excluding hydrogens is 246 g/mol. The number of amides is 1. The van der Waals surface area contributed by atoms with E-state index in [9.17, 15) is 9.59 Å². The molecular formula is C13H25N3O3. The summed E-state index contributed by atoms with van der Waals surface area (Å²) in [6.45, 7) is 9.98. The smallest absolute Gasteiger partial charge is 0.315 e. The molecule has 2 N–H and O–H groups in total. The maximum atomic E-state index is 11.6. The minimum absolute atomic E-state index is 0.158. The highest BCUT2D eigenvalue weighted by molar-refractivity contribution is 5.96. The van der Waals surface area contributed by atoms with E-state index >= 15 is 0 Å². The maximum Gasteiger partial charge on any atom is 0.315 e. The molecule has 0 aromatic heterocycles. The topological polar surface area (TPSA) is 72.9 Å². The first kappa shape index (κ1) is 15.9. The molecule has 1 aliphatic rings. The van der Waals surface area contributed by atoms with Gasteiger partial charge in [-0.2, -0.15) is 0 Å². The number of hydrogen-bond acceptors (Lipinski definition) is 4. The number of carbonyl (C=O) groups is 2. The fourth-order valence-electron chi connectivity index (χ4n) is 2.09. The number of hydrogen-bond donors (Lipinski definition) is 2. The molecule has 1 heterocycles. The Balaban J connectivity index is 2.46. The van der Waals surface area contributed by atoms with Gasteiger partial charge in [-0.3, -0.25) is 14.5 Å². The van der Waals surface area contributed by atoms with Gasteiger partial charge < -0.3 is 15.3 Å². The quantitative estimate of drug-likeness (QED) is 0.680. The summed E-state index contributed by atoms with van der Waals surface area (Å²) in [5.74, 6) is -2.51. The van der Waals surface area contributed by atoms with Gasteiger partial charge in [0, 0.05) is 38.3 Å². The van der Waals surface area contributed by atoms with Gasteiger partial charge in [-0.1, -0.05) is 0 Å². The number of carbonyl (C=O) groups excluding carboxylic acids is 1. The van der Waals surface area contributed by atoms with Gasteiger partial charge in [0.25, 0.3) is 0 Å². The second-order valence-corrected chi connectivity index (χ2v) is 5.88. The van der Waals surface area contributed by atoms with E-state index < -0.39 is 17.8 Å². The third-order valence-corrected chi connectivity index (χ3v) is 3.82. The van der Waals surface area contributed by atoms with Gasteiger partial charge in [-0.05, 0) is 27.8 Å². The average molecular weight is 271 g/mol. The van der Waals surface area contributed by atoms with Gasteiger partial charge in [0.2, 0.25) is 5.91 Å². The molecule has 110 valence electrons. The number of nitrogens with one attached hydrogen (secondary N) is 1. The van der Waals surface area contributed by atoms with Crippen molar-refractivity contribution < 1.29 is 14.7 Å². The van der Waals surface area contributed by atoms with Crippen LogP contribution in [0.15, 0.2) is 0 Å². The predicted octanol–water partition coefficient (Wildman–Crippen LogP) is -0.151. The van der Waals surface area contributed by atoms with Crippen LogP contribution in [0.5, 0.6) is 0 Å². The van der Waals surface area contributed by atoms with Crippen LogP contribution >= 0.6 is 0 Å². The fourth-order valence-corrected chi connectivity index (χ4v) is 2.09. The Labute approximate surface area is 114 Å². The van der Waals surface area contributed by atoms with Crippen LogP contribution < -0.4 is 5.32 Å². The van der Waals surface area contributed by atoms with Crippen molar-refractivity contribution in [3.05, 3.63) is 0 Å². The lowest BCUT2D eigenvalue weighted by atomic mass is 10.0. The van der Waals surface area contributed by atoms with Crippen molar-refractivity contribution in [1.29, 1.82) is 0 Å². The Morgan fingerprint density at radius 3 is 2.26 bits per heavy atom. The molecule has 0 aromatic carbocycles. The standard InChI is InChI=1S/C13H25N3O3/c1-10(12(18)19)11(17)14-9-13(2,3)16-7-5-15(4)6-8-16/h10H,5-9H2,1-4H3,(H,14,17)(H,18,19). The molecule has 1 saturated heterocycles. The SMILES string of the molecule is CC(C(=O)O)C(=O)NCC(C)(C)N1CCN(C)CC1. The number of rotatable bonds is 5. The summed E-state index contributed by atoms with van der Waals surface area (Å²) < 4.78 is 0. The van der Waals surface area contributed by atoms with E-state index in [1.54, 1.807) is 0 Å². The highest BCUT2D eigenvalue weighted by Gasteiger charge is 2.30. The molecule has 1 amide bonds. The van der Waals surface area contributed by atoms with Crippen LogP contribution in [0.1, 0.15) is 20.8 Å². The van der Waals surface area contributed by atoms with Crippen LogP contribution in [0.25, 0.3) is 0 Å². The van der Waals surface area contributed by atoms with Gasteiger partial charge in [-0.25, -0.2) is 0 Å². The van der Waals surface area contributed by atoms with Crippen molar-refractivity contribution in [2.24, 2.45) is 5.92 Å². The average Bonchev–Trinajstić information content (AvgIpc) is 2.35. The number of likely N-dealkylation sites (N-methyl/N-ethyl adjacent to an activating group) is 1. The van der Waals surface area contributed by atoms with E-state index in [0.29, 0.717) is 6.54 Å². The summed E-state index contributed by atoms with van der Waals surface area (Å²) in [7, 11) is 2.10. The molecule has 0 saturated carbocycles. The first-order valence-corrected chi connectivity index (χ1v) is 6.68. The molecule has 19 heavy (non-hydrogen) atoms. The van der Waals surface area contributed by atoms with E-state index in [4.69, 9.17) is 5.11 Å². The second kappa shape index (κ2) is 6.34. The van der Waals surface area contributed by atoms with Crippen LogP contribution in [-0.2, 0) is 9.59 Å². The number of carboxylic acids is 1. The molecule has 1 aliphatic heterocycles. The number of aliphatic carboxylic acids is 1. The van der Waals surface area contributed by atoms with Crippen LogP contribution in [0.4, 0.5) is 0 Å². The molecule has 1 fully saturated rings. The summed E-state index contributed by atoms with van der Waals surface area (Å²) in [6.07, 6.45) is 0. The summed E-state index contributed by atoms with van der Waals surface area (Å²) in [4.78, 5) is 27.0. The van der Waals surface area contributed by atoms with E-state index in [2.05, 4.69) is 36.0 Å². The zero-order valence-electron chi connectivity index (χ0n) is 12.3. The first-order chi connectivity index (χ1) is 8.74. The van der Waals surface area contributed by atoms with E-state index in [0.717, 1.165) is 26.2 Å². The van der Waals surface area contributed by atoms with Gasteiger partial charge in [0.05, 0.1) is 0 Å². The highest BCUT2D eigenvalue weighted by atomic mass is 16.4. The Morgan fingerprint density at radius 1 is 1.26 bits per heavy atom. The van der Waals surface area contributed by atoms with E-state index in [1.165, 1.54) is 6.92 Å². The Morgan fingerprint density at radius 2 is 1.79 bits per heavy atom. The third-order valence-electron chi connectivity index (χ3n) is 3.82. The Bertz CT molecular complexity index is 336. The van der Waals surface area contributed by atoms with Crippen molar-refractivity contribution >= 4 is 11.9 Å². The molecule has 1 unspecified atom stereocenters. The molecule has 6 nitrogen and oxygen atoms in total. The van der Waals surface area contributed by atoms with Gasteiger partial charge >= 0.3 is 5.97 Å². The Kier molecular flexibility index (Phi) is 5.31. The van der Waals surface area contributed by atoms with Crippen molar-refractivity contribution in [3.8, 4) is 0 Å². The third kappa shape index (κ3) is 4.47. The zero-order valence-corrected chi connectivity index (χ0v) is 12.3. The lowest BCUT2D eigenvalue weighted by molar-refractivity contribution is -0.146. The summed E-state index contributed by atoms with van der Waals surface area (Å²) >= 11 is 0. The van der Waals surface area contributed by atoms with Gasteiger partial charge in [-0.15, -0.1) is 0 Å². The second-order valence-electron chi connectivity index (χ2n) is 5.88. The monoisotopic (exact) mass is 271 g/mol. The van der Waals surface area contributed by atoms with Crippen molar-refractivity contribution in [2.45, 2.75) is 26.3 Å². The lowest BCUT2D eigenvalue weighted by Crippen LogP contribution is -2.58. The molecule has 0 aromatic rings. The lowest BCUT2D eigenvalue weighted by Gasteiger charge is -2.43. The molecule has 0 spiro atoms. The fraction of sp³-hybridized carbons (Fsp3) is 0.846. The number of piperazine rings is 1. The van der Waals surface area contributed by atoms with E-state index in [1.807, 2.05) is 0 Å². The van der Waals surface area contributed by atoms with Gasteiger partial charge in [0.15, 0.2) is 0 Å². The summed E-state index contributed by atoms with van der Waals surface area (Å²) in [6, 6.07) is 0. The zero-order chi connectivity index (χ0) is 14.6. The van der Waals surface area contributed by atoms with Crippen molar-refractivity contribution in [3.63, 3.8) is 0 Å². The maximum absolute atomic E-state index is 11.6. The molecule has 1 rings (SSSR count). The predicted molar refractivity (Wildman–Crippen MR) is 73.0 cm³/mol. The Hall–Kier alpha value is -1.14. The number of nitrogens with zero attached hydrogens (tertiary/aromatic N) is 2. The molecule has 0 aliphatic carbocycles. The van der Waals surface area contributed by atoms with Crippen LogP contribution in [0.2, 0.25) is 0 Å². The molecule has 6 heteroatoms. The largest absolute Gasteiger partial charge is 0.481 e. The molecule has 0 radical (unpaired) electrons. The summed E-state index contributed by atoms with van der Waals surface area (Å²) in [5, 5.41) is 11.5. The number of carboxylic acid groups (broad SMARTS) is 1. The van der Waals surface area contributed by atoms with Crippen LogP contribution in [0, 0.1) is 5.92 Å². The van der Waals surface area contributed by atoms with Gasteiger partial charge in [0.1, 0.15) is 5.92 Å². The summed E-state index contributed by atoms with van der Waals surface area (Å²) in [5.41, 5.74) is -0.158. The molecule has 0 bridgehead atoms. The van der Waals surface area contributed by atoms with Crippen LogP contribution in [-0.4, -0.2) is 72.1 Å². The first-order valence-electron chi connectivity index (χ1n) is 6.68. The van der Waals surface area contributed by atoms with Crippen molar-refractivity contribution in [1.82, 2.24) is 15.1 Å².